The predicted molar refractivity (Wildman–Crippen MR) is 77.0 cm³/mol. The number of hydrogen-bond acceptors (Lipinski definition) is 5. The number of carbonyl (C=O) groups is 1. The third-order valence-corrected chi connectivity index (χ3v) is 3.96. The third kappa shape index (κ3) is 5.54. The Labute approximate surface area is 126 Å². The summed E-state index contributed by atoms with van der Waals surface area (Å²) in [6.07, 6.45) is 1.64. The fourth-order valence-corrected chi connectivity index (χ4v) is 2.63. The van der Waals surface area contributed by atoms with Crippen molar-refractivity contribution in [3.63, 3.8) is 0 Å². The molecule has 6 heteroatoms. The number of unbranched alkanes of at least 4 members (excludes halogenated alkanes) is 2. The van der Waals surface area contributed by atoms with E-state index in [-0.39, 0.29) is 24.5 Å². The average Bonchev–Trinajstić information content (AvgIpc) is 2.46. The first-order chi connectivity index (χ1) is 10.0. The van der Waals surface area contributed by atoms with Crippen LogP contribution in [0.15, 0.2) is 0 Å². The molecule has 21 heavy (non-hydrogen) atoms. The number of aliphatic carboxylic acids is 1. The molecule has 2 unspecified atom stereocenters. The topological polar surface area (TPSA) is 85.2 Å². The second kappa shape index (κ2) is 9.35. The highest BCUT2D eigenvalue weighted by molar-refractivity contribution is 5.66. The molecule has 0 saturated carbocycles. The molecule has 1 fully saturated rings. The summed E-state index contributed by atoms with van der Waals surface area (Å²) in [5.74, 6) is -0.910. The normalized spacial score (nSPS) is 33.0. The van der Waals surface area contributed by atoms with Crippen molar-refractivity contribution in [1.29, 1.82) is 0 Å². The van der Waals surface area contributed by atoms with E-state index in [2.05, 4.69) is 0 Å². The highest BCUT2D eigenvalue weighted by Crippen LogP contribution is 2.29. The van der Waals surface area contributed by atoms with Crippen molar-refractivity contribution in [3.8, 4) is 0 Å². The quantitative estimate of drug-likeness (QED) is 0.632. The van der Waals surface area contributed by atoms with E-state index in [1.807, 2.05) is 13.8 Å². The van der Waals surface area contributed by atoms with E-state index in [4.69, 9.17) is 19.3 Å². The minimum Gasteiger partial charge on any atom is -0.481 e. The molecule has 0 bridgehead atoms. The molecule has 0 aromatic rings. The van der Waals surface area contributed by atoms with Gasteiger partial charge < -0.3 is 24.4 Å². The van der Waals surface area contributed by atoms with Crippen molar-refractivity contribution in [1.82, 2.24) is 0 Å². The van der Waals surface area contributed by atoms with Gasteiger partial charge in [-0.3, -0.25) is 4.79 Å². The van der Waals surface area contributed by atoms with Crippen LogP contribution in [0.2, 0.25) is 0 Å². The zero-order valence-corrected chi connectivity index (χ0v) is 13.2. The SMILES string of the molecule is CCC1O[C@@H](OC)C(C)[C@@H](O)[C@@H]1OCCCCCC(=O)O. The summed E-state index contributed by atoms with van der Waals surface area (Å²) in [7, 11) is 1.57. The van der Waals surface area contributed by atoms with Crippen molar-refractivity contribution >= 4 is 5.97 Å². The van der Waals surface area contributed by atoms with E-state index < -0.39 is 18.4 Å². The summed E-state index contributed by atoms with van der Waals surface area (Å²) >= 11 is 0. The number of carboxylic acids is 1. The summed E-state index contributed by atoms with van der Waals surface area (Å²) < 4.78 is 16.8. The Morgan fingerprint density at radius 1 is 1.29 bits per heavy atom. The largest absolute Gasteiger partial charge is 0.481 e. The molecule has 0 amide bonds. The van der Waals surface area contributed by atoms with Crippen molar-refractivity contribution in [2.75, 3.05) is 13.7 Å². The van der Waals surface area contributed by atoms with Gasteiger partial charge in [0.1, 0.15) is 6.10 Å². The van der Waals surface area contributed by atoms with Crippen molar-refractivity contribution in [2.24, 2.45) is 5.92 Å². The van der Waals surface area contributed by atoms with Gasteiger partial charge in [0.15, 0.2) is 6.29 Å². The fourth-order valence-electron chi connectivity index (χ4n) is 2.63. The van der Waals surface area contributed by atoms with E-state index in [1.165, 1.54) is 0 Å². The molecule has 0 aliphatic carbocycles. The smallest absolute Gasteiger partial charge is 0.303 e. The third-order valence-electron chi connectivity index (χ3n) is 3.96. The van der Waals surface area contributed by atoms with Gasteiger partial charge in [0.25, 0.3) is 0 Å². The molecule has 1 rings (SSSR count). The van der Waals surface area contributed by atoms with Gasteiger partial charge in [-0.15, -0.1) is 0 Å². The van der Waals surface area contributed by atoms with Gasteiger partial charge in [-0.1, -0.05) is 20.3 Å². The lowest BCUT2D eigenvalue weighted by atomic mass is 9.91. The molecule has 124 valence electrons. The van der Waals surface area contributed by atoms with Crippen LogP contribution in [-0.2, 0) is 19.0 Å². The number of aliphatic hydroxyl groups excluding tert-OH is 1. The molecule has 5 atom stereocenters. The van der Waals surface area contributed by atoms with Crippen LogP contribution in [0.4, 0.5) is 0 Å². The minimum absolute atomic E-state index is 0.144. The van der Waals surface area contributed by atoms with E-state index in [0.29, 0.717) is 13.0 Å². The second-order valence-electron chi connectivity index (χ2n) is 5.58. The highest BCUT2D eigenvalue weighted by atomic mass is 16.7. The molecular formula is C15H28O6. The summed E-state index contributed by atoms with van der Waals surface area (Å²) in [6, 6.07) is 0. The van der Waals surface area contributed by atoms with E-state index >= 15 is 0 Å². The zero-order valence-electron chi connectivity index (χ0n) is 13.2. The van der Waals surface area contributed by atoms with Crippen LogP contribution in [0.25, 0.3) is 0 Å². The van der Waals surface area contributed by atoms with Crippen LogP contribution in [0.5, 0.6) is 0 Å². The average molecular weight is 304 g/mol. The summed E-state index contributed by atoms with van der Waals surface area (Å²) in [6.45, 7) is 4.38. The number of rotatable bonds is 9. The Morgan fingerprint density at radius 2 is 2.00 bits per heavy atom. The lowest BCUT2D eigenvalue weighted by molar-refractivity contribution is -0.278. The number of methoxy groups -OCH3 is 1. The van der Waals surface area contributed by atoms with E-state index in [9.17, 15) is 9.90 Å². The molecule has 1 saturated heterocycles. The first-order valence-corrected chi connectivity index (χ1v) is 7.71. The highest BCUT2D eigenvalue weighted by Gasteiger charge is 2.42. The molecule has 0 aromatic heterocycles. The molecule has 2 N–H and O–H groups in total. The van der Waals surface area contributed by atoms with Gasteiger partial charge in [-0.25, -0.2) is 0 Å². The van der Waals surface area contributed by atoms with Gasteiger partial charge in [-0.2, -0.15) is 0 Å². The Kier molecular flexibility index (Phi) is 8.18. The van der Waals surface area contributed by atoms with Crippen molar-refractivity contribution in [3.05, 3.63) is 0 Å². The van der Waals surface area contributed by atoms with Crippen LogP contribution in [0.3, 0.4) is 0 Å². The molecule has 0 aromatic carbocycles. The number of carboxylic acid groups (broad SMARTS) is 1. The van der Waals surface area contributed by atoms with Gasteiger partial charge in [0.2, 0.25) is 0 Å². The molecule has 1 aliphatic heterocycles. The Hall–Kier alpha value is -0.690. The first kappa shape index (κ1) is 18.4. The molecule has 0 spiro atoms. The summed E-state index contributed by atoms with van der Waals surface area (Å²) in [5.41, 5.74) is 0. The maximum atomic E-state index is 10.4. The van der Waals surface area contributed by atoms with Crippen molar-refractivity contribution in [2.45, 2.75) is 70.6 Å². The van der Waals surface area contributed by atoms with Crippen LogP contribution in [0, 0.1) is 5.92 Å². The zero-order chi connectivity index (χ0) is 15.8. The monoisotopic (exact) mass is 304 g/mol. The molecule has 1 heterocycles. The Balaban J connectivity index is 2.36. The predicted octanol–water partition coefficient (Wildman–Crippen LogP) is 1.79. The lowest BCUT2D eigenvalue weighted by Gasteiger charge is -2.42. The van der Waals surface area contributed by atoms with E-state index in [1.54, 1.807) is 7.11 Å². The second-order valence-corrected chi connectivity index (χ2v) is 5.58. The molecule has 0 radical (unpaired) electrons. The Bertz CT molecular complexity index is 307. The molecular weight excluding hydrogens is 276 g/mol. The van der Waals surface area contributed by atoms with Gasteiger partial charge in [0, 0.05) is 26.1 Å². The van der Waals surface area contributed by atoms with E-state index in [0.717, 1.165) is 19.3 Å². The standard InChI is InChI=1S/C15H28O6/c1-4-11-14(13(18)10(2)15(19-3)21-11)20-9-7-5-6-8-12(16)17/h10-11,13-15,18H,4-9H2,1-3H3,(H,16,17)/t10?,11?,13-,14-,15-/m1/s1. The first-order valence-electron chi connectivity index (χ1n) is 7.71. The lowest BCUT2D eigenvalue weighted by Crippen LogP contribution is -2.54. The van der Waals surface area contributed by atoms with Crippen molar-refractivity contribution < 1.29 is 29.2 Å². The summed E-state index contributed by atoms with van der Waals surface area (Å²) in [5, 5.41) is 18.9. The van der Waals surface area contributed by atoms with Crippen LogP contribution in [-0.4, -0.2) is 54.5 Å². The Morgan fingerprint density at radius 3 is 2.57 bits per heavy atom. The molecule has 6 nitrogen and oxygen atoms in total. The minimum atomic E-state index is -0.766. The molecule has 1 aliphatic rings. The maximum absolute atomic E-state index is 10.4. The van der Waals surface area contributed by atoms with Gasteiger partial charge in [-0.05, 0) is 19.3 Å². The van der Waals surface area contributed by atoms with Crippen LogP contribution < -0.4 is 0 Å². The fraction of sp³-hybridized carbons (Fsp3) is 0.933. The summed E-state index contributed by atoms with van der Waals surface area (Å²) in [4.78, 5) is 10.4. The number of ether oxygens (including phenoxy) is 3. The number of hydrogen-bond donors (Lipinski definition) is 2. The number of aliphatic hydroxyl groups is 1. The maximum Gasteiger partial charge on any atom is 0.303 e. The van der Waals surface area contributed by atoms with Gasteiger partial charge >= 0.3 is 5.97 Å². The van der Waals surface area contributed by atoms with Crippen LogP contribution in [0.1, 0.15) is 46.0 Å². The van der Waals surface area contributed by atoms with Gasteiger partial charge in [0.05, 0.1) is 12.2 Å². The van der Waals surface area contributed by atoms with Crippen LogP contribution >= 0.6 is 0 Å².